The molecule has 1 unspecified atom stereocenters. The fourth-order valence-electron chi connectivity index (χ4n) is 3.66. The highest BCUT2D eigenvalue weighted by molar-refractivity contribution is 5.89. The van der Waals surface area contributed by atoms with Gasteiger partial charge in [0.15, 0.2) is 0 Å². The monoisotopic (exact) mass is 436 g/mol. The SMILES string of the molecule is CC(C)(C)c1ccc(C(F)(F)C(F)C(F)(F)F)c(-c2ccccc2)c1-c1ccccc1. The van der Waals surface area contributed by atoms with E-state index in [-0.39, 0.29) is 11.1 Å². The first-order valence-corrected chi connectivity index (χ1v) is 9.72. The molecule has 0 nitrogen and oxygen atoms in total. The van der Waals surface area contributed by atoms with Gasteiger partial charge in [-0.15, -0.1) is 0 Å². The van der Waals surface area contributed by atoms with E-state index in [9.17, 15) is 17.6 Å². The van der Waals surface area contributed by atoms with Crippen LogP contribution in [0.1, 0.15) is 31.9 Å². The van der Waals surface area contributed by atoms with Crippen molar-refractivity contribution < 1.29 is 26.3 Å². The molecule has 164 valence electrons. The first kappa shape index (κ1) is 22.9. The third-order valence-corrected chi connectivity index (χ3v) is 5.10. The van der Waals surface area contributed by atoms with E-state index in [1.807, 2.05) is 20.8 Å². The molecule has 0 saturated carbocycles. The van der Waals surface area contributed by atoms with Crippen LogP contribution in [-0.2, 0) is 11.3 Å². The van der Waals surface area contributed by atoms with E-state index in [2.05, 4.69) is 0 Å². The summed E-state index contributed by atoms with van der Waals surface area (Å²) in [6, 6.07) is 18.8. The van der Waals surface area contributed by atoms with Crippen molar-refractivity contribution in [1.29, 1.82) is 0 Å². The van der Waals surface area contributed by atoms with Gasteiger partial charge in [-0.3, -0.25) is 0 Å². The second kappa shape index (κ2) is 8.06. The molecule has 0 aromatic heterocycles. The lowest BCUT2D eigenvalue weighted by molar-refractivity contribution is -0.248. The zero-order valence-corrected chi connectivity index (χ0v) is 17.3. The summed E-state index contributed by atoms with van der Waals surface area (Å²) < 4.78 is 83.1. The van der Waals surface area contributed by atoms with Crippen molar-refractivity contribution in [1.82, 2.24) is 0 Å². The van der Waals surface area contributed by atoms with Crippen LogP contribution in [0.5, 0.6) is 0 Å². The van der Waals surface area contributed by atoms with Crippen LogP contribution in [-0.4, -0.2) is 12.3 Å². The van der Waals surface area contributed by atoms with E-state index in [4.69, 9.17) is 0 Å². The number of alkyl halides is 6. The molecule has 31 heavy (non-hydrogen) atoms. The Morgan fingerprint density at radius 1 is 0.581 bits per heavy atom. The van der Waals surface area contributed by atoms with Crippen molar-refractivity contribution in [3.8, 4) is 22.3 Å². The fraction of sp³-hybridized carbons (Fsp3) is 0.280. The van der Waals surface area contributed by atoms with Crippen LogP contribution in [0.4, 0.5) is 26.3 Å². The Kier molecular flexibility index (Phi) is 5.96. The summed E-state index contributed by atoms with van der Waals surface area (Å²) in [5, 5.41) is 0. The molecule has 0 aliphatic heterocycles. The van der Waals surface area contributed by atoms with E-state index in [0.717, 1.165) is 6.07 Å². The second-order valence-corrected chi connectivity index (χ2v) is 8.42. The van der Waals surface area contributed by atoms with Crippen molar-refractivity contribution in [3.63, 3.8) is 0 Å². The summed E-state index contributed by atoms with van der Waals surface area (Å²) in [6.07, 6.45) is -10.0. The topological polar surface area (TPSA) is 0 Å². The van der Waals surface area contributed by atoms with E-state index in [1.165, 1.54) is 18.2 Å². The van der Waals surface area contributed by atoms with Crippen molar-refractivity contribution in [2.75, 3.05) is 0 Å². The van der Waals surface area contributed by atoms with Crippen molar-refractivity contribution in [2.45, 2.75) is 44.5 Å². The molecule has 0 heterocycles. The molecule has 3 aromatic carbocycles. The number of halogens is 6. The zero-order valence-electron chi connectivity index (χ0n) is 17.3. The van der Waals surface area contributed by atoms with Gasteiger partial charge in [0.2, 0.25) is 0 Å². The van der Waals surface area contributed by atoms with E-state index in [0.29, 0.717) is 16.7 Å². The molecule has 0 saturated heterocycles. The standard InChI is InChI=1S/C25H22F6/c1-23(2,3)18-14-15-19(24(27,28)22(26)25(29,30)31)21(17-12-8-5-9-13-17)20(18)16-10-6-4-7-11-16/h4-15,22H,1-3H3. The molecule has 0 N–H and O–H groups in total. The largest absolute Gasteiger partial charge is 0.426 e. The predicted molar refractivity (Wildman–Crippen MR) is 111 cm³/mol. The molecular weight excluding hydrogens is 414 g/mol. The second-order valence-electron chi connectivity index (χ2n) is 8.42. The molecule has 3 rings (SSSR count). The van der Waals surface area contributed by atoms with Crippen molar-refractivity contribution >= 4 is 0 Å². The predicted octanol–water partition coefficient (Wildman–Crippen LogP) is 8.31. The Balaban J connectivity index is 2.47. The minimum Gasteiger partial charge on any atom is -0.230 e. The Bertz CT molecular complexity index is 1030. The van der Waals surface area contributed by atoms with Gasteiger partial charge in [0.25, 0.3) is 6.17 Å². The van der Waals surface area contributed by atoms with Crippen LogP contribution in [0.25, 0.3) is 22.3 Å². The van der Waals surface area contributed by atoms with Gasteiger partial charge in [-0.1, -0.05) is 93.6 Å². The Morgan fingerprint density at radius 3 is 1.35 bits per heavy atom. The van der Waals surface area contributed by atoms with Crippen molar-refractivity contribution in [3.05, 3.63) is 83.9 Å². The van der Waals surface area contributed by atoms with E-state index < -0.39 is 29.2 Å². The van der Waals surface area contributed by atoms with Crippen molar-refractivity contribution in [2.24, 2.45) is 0 Å². The smallest absolute Gasteiger partial charge is 0.230 e. The molecule has 0 spiro atoms. The molecule has 0 aliphatic rings. The lowest BCUT2D eigenvalue weighted by atomic mass is 9.76. The Labute approximate surface area is 177 Å². The first-order valence-electron chi connectivity index (χ1n) is 9.72. The first-order chi connectivity index (χ1) is 14.3. The molecule has 6 heteroatoms. The van der Waals surface area contributed by atoms with Gasteiger partial charge in [-0.2, -0.15) is 22.0 Å². The van der Waals surface area contributed by atoms with Crippen LogP contribution < -0.4 is 0 Å². The lowest BCUT2D eigenvalue weighted by Crippen LogP contribution is -2.40. The summed E-state index contributed by atoms with van der Waals surface area (Å²) in [7, 11) is 0. The van der Waals surface area contributed by atoms with Gasteiger partial charge in [0, 0.05) is 5.56 Å². The Hall–Kier alpha value is -2.76. The van der Waals surface area contributed by atoms with Gasteiger partial charge in [0.05, 0.1) is 0 Å². The minimum atomic E-state index is -5.70. The van der Waals surface area contributed by atoms with Crippen LogP contribution in [0.3, 0.4) is 0 Å². The number of rotatable bonds is 4. The highest BCUT2D eigenvalue weighted by atomic mass is 19.4. The molecule has 3 aromatic rings. The molecule has 0 fully saturated rings. The maximum atomic E-state index is 15.0. The zero-order chi connectivity index (χ0) is 23.0. The normalized spacial score (nSPS) is 13.8. The maximum Gasteiger partial charge on any atom is 0.426 e. The van der Waals surface area contributed by atoms with Crippen LogP contribution in [0.2, 0.25) is 0 Å². The third-order valence-electron chi connectivity index (χ3n) is 5.10. The molecule has 0 bridgehead atoms. The van der Waals surface area contributed by atoms with Gasteiger partial charge < -0.3 is 0 Å². The summed E-state index contributed by atoms with van der Waals surface area (Å²) in [5.41, 5.74) is 0.279. The van der Waals surface area contributed by atoms with E-state index >= 15 is 8.78 Å². The molecule has 0 amide bonds. The van der Waals surface area contributed by atoms with Crippen LogP contribution in [0, 0.1) is 0 Å². The van der Waals surface area contributed by atoms with E-state index in [1.54, 1.807) is 48.5 Å². The third kappa shape index (κ3) is 4.48. The number of hydrogen-bond donors (Lipinski definition) is 0. The van der Waals surface area contributed by atoms with Gasteiger partial charge in [-0.05, 0) is 33.2 Å². The highest BCUT2D eigenvalue weighted by Gasteiger charge is 2.58. The van der Waals surface area contributed by atoms with Gasteiger partial charge in [-0.25, -0.2) is 4.39 Å². The fourth-order valence-corrected chi connectivity index (χ4v) is 3.66. The number of benzene rings is 3. The minimum absolute atomic E-state index is 0.101. The Morgan fingerprint density at radius 2 is 0.968 bits per heavy atom. The molecule has 0 radical (unpaired) electrons. The molecule has 0 aliphatic carbocycles. The van der Waals surface area contributed by atoms with Crippen LogP contribution in [0.15, 0.2) is 72.8 Å². The van der Waals surface area contributed by atoms with Crippen LogP contribution >= 0.6 is 0 Å². The van der Waals surface area contributed by atoms with Gasteiger partial charge >= 0.3 is 12.1 Å². The average Bonchev–Trinajstić information content (AvgIpc) is 2.72. The summed E-state index contributed by atoms with van der Waals surface area (Å²) in [5.74, 6) is -4.77. The average molecular weight is 436 g/mol. The lowest BCUT2D eigenvalue weighted by Gasteiger charge is -2.31. The quantitative estimate of drug-likeness (QED) is 0.361. The maximum absolute atomic E-state index is 15.0. The van der Waals surface area contributed by atoms with Gasteiger partial charge in [0.1, 0.15) is 0 Å². The number of hydrogen-bond acceptors (Lipinski definition) is 0. The summed E-state index contributed by atoms with van der Waals surface area (Å²) >= 11 is 0. The summed E-state index contributed by atoms with van der Waals surface area (Å²) in [6.45, 7) is 5.65. The highest BCUT2D eigenvalue weighted by Crippen LogP contribution is 2.50. The molecular formula is C25H22F6. The summed E-state index contributed by atoms with van der Waals surface area (Å²) in [4.78, 5) is 0. The molecule has 1 atom stereocenters.